The van der Waals surface area contributed by atoms with E-state index in [0.29, 0.717) is 19.2 Å². The molecule has 0 spiro atoms. The van der Waals surface area contributed by atoms with Crippen molar-refractivity contribution in [1.82, 2.24) is 34.3 Å². The van der Waals surface area contributed by atoms with Gasteiger partial charge in [-0.15, -0.1) is 0 Å². The summed E-state index contributed by atoms with van der Waals surface area (Å²) in [5, 5.41) is 19.1. The normalized spacial score (nSPS) is 20.8. The maximum absolute atomic E-state index is 13.4. The zero-order valence-electron chi connectivity index (χ0n) is 23.1. The number of fused-ring (bicyclic) bond motifs is 1. The number of hydrogen-bond donors (Lipinski definition) is 2. The number of ether oxygens (including phenoxy) is 1. The molecule has 0 amide bonds. The summed E-state index contributed by atoms with van der Waals surface area (Å²) in [6.07, 6.45) is 10.2. The van der Waals surface area contributed by atoms with Gasteiger partial charge in [-0.2, -0.15) is 10.2 Å². The number of piperazine rings is 1. The molecule has 1 unspecified atom stereocenters. The highest BCUT2D eigenvalue weighted by Gasteiger charge is 2.29. The Morgan fingerprint density at radius 3 is 2.36 bits per heavy atom. The highest BCUT2D eigenvalue weighted by molar-refractivity contribution is 5.77. The Hall–Kier alpha value is -4.46. The Balaban J connectivity index is 1.05. The van der Waals surface area contributed by atoms with E-state index in [4.69, 9.17) is 10.5 Å². The highest BCUT2D eigenvalue weighted by Crippen LogP contribution is 2.30. The number of anilines is 2. The van der Waals surface area contributed by atoms with Gasteiger partial charge in [-0.05, 0) is 30.7 Å². The van der Waals surface area contributed by atoms with Crippen molar-refractivity contribution < 1.29 is 14.2 Å². The first-order valence-electron chi connectivity index (χ1n) is 13.9. The minimum atomic E-state index is -0.843. The molecule has 5 aromatic rings. The first kappa shape index (κ1) is 26.4. The van der Waals surface area contributed by atoms with Crippen LogP contribution in [0.2, 0.25) is 0 Å². The van der Waals surface area contributed by atoms with E-state index in [1.54, 1.807) is 41.7 Å². The van der Waals surface area contributed by atoms with E-state index in [0.717, 1.165) is 59.8 Å². The second-order valence-corrected chi connectivity index (χ2v) is 11.0. The molecule has 2 fully saturated rings. The van der Waals surface area contributed by atoms with Gasteiger partial charge in [-0.25, -0.2) is 23.9 Å². The third-order valence-electron chi connectivity index (χ3n) is 8.23. The fraction of sp³-hybridized carbons (Fsp3) is 0.345. The molecule has 0 aliphatic carbocycles. The van der Waals surface area contributed by atoms with Crippen LogP contribution in [0.15, 0.2) is 67.6 Å². The fourth-order valence-corrected chi connectivity index (χ4v) is 5.60. The predicted molar refractivity (Wildman–Crippen MR) is 154 cm³/mol. The van der Waals surface area contributed by atoms with Crippen molar-refractivity contribution in [1.29, 1.82) is 0 Å². The minimum Gasteiger partial charge on any atom is -0.388 e. The zero-order valence-corrected chi connectivity index (χ0v) is 23.1. The lowest BCUT2D eigenvalue weighted by atomic mass is 9.87. The van der Waals surface area contributed by atoms with Gasteiger partial charge in [0.2, 0.25) is 5.95 Å². The molecule has 2 aliphatic heterocycles. The van der Waals surface area contributed by atoms with Crippen LogP contribution in [0, 0.1) is 5.82 Å². The Kier molecular flexibility index (Phi) is 6.56. The zero-order chi connectivity index (χ0) is 28.8. The van der Waals surface area contributed by atoms with Crippen LogP contribution in [0.25, 0.3) is 16.6 Å². The van der Waals surface area contributed by atoms with Crippen LogP contribution in [0.5, 0.6) is 0 Å². The minimum absolute atomic E-state index is 0.183. The van der Waals surface area contributed by atoms with Crippen LogP contribution in [0.1, 0.15) is 24.1 Å². The third-order valence-corrected chi connectivity index (χ3v) is 8.23. The molecule has 216 valence electrons. The van der Waals surface area contributed by atoms with Gasteiger partial charge in [0, 0.05) is 67.7 Å². The van der Waals surface area contributed by atoms with Crippen molar-refractivity contribution in [3.63, 3.8) is 0 Å². The Morgan fingerprint density at radius 1 is 0.905 bits per heavy atom. The Morgan fingerprint density at radius 2 is 1.64 bits per heavy atom. The monoisotopic (exact) mass is 570 g/mol. The molecule has 7 rings (SSSR count). The summed E-state index contributed by atoms with van der Waals surface area (Å²) in [7, 11) is 0. The summed E-state index contributed by atoms with van der Waals surface area (Å²) in [5.74, 6) is 1.20. The van der Waals surface area contributed by atoms with E-state index in [1.807, 2.05) is 23.8 Å². The molecule has 13 heteroatoms. The number of aliphatic hydroxyl groups excluding tert-OH is 1. The van der Waals surface area contributed by atoms with Crippen molar-refractivity contribution in [2.75, 3.05) is 49.2 Å². The van der Waals surface area contributed by atoms with Crippen LogP contribution < -0.4 is 15.5 Å². The quantitative estimate of drug-likeness (QED) is 0.312. The molecule has 12 nitrogen and oxygen atoms in total. The van der Waals surface area contributed by atoms with E-state index in [1.165, 1.54) is 12.1 Å². The fourth-order valence-electron chi connectivity index (χ4n) is 5.60. The third kappa shape index (κ3) is 4.74. The molecule has 3 atom stereocenters. The summed E-state index contributed by atoms with van der Waals surface area (Å²) < 4.78 is 22.4. The van der Waals surface area contributed by atoms with E-state index < -0.39 is 11.6 Å². The summed E-state index contributed by atoms with van der Waals surface area (Å²) in [6, 6.07) is 8.06. The number of hydrogen-bond acceptors (Lipinski definition) is 10. The van der Waals surface area contributed by atoms with Crippen molar-refractivity contribution in [2.24, 2.45) is 5.73 Å². The molecular weight excluding hydrogens is 539 g/mol. The van der Waals surface area contributed by atoms with Crippen molar-refractivity contribution in [3.8, 4) is 11.1 Å². The van der Waals surface area contributed by atoms with E-state index in [-0.39, 0.29) is 11.9 Å². The standard InChI is InChI=1S/C29H31FN10O2/c1-29(31,21-2-4-23(30)5-3-21)22-12-32-28(33-13-22)38-8-6-37(7-9-38)27-24-10-19(14-39(24)36-18-34-27)20-11-35-40(15-20)25-16-42-17-26(25)41/h2-5,10-15,18,25-26,41H,6-9,16-17,31H2,1H3/t25-,26-,29?/m0/s1. The van der Waals surface area contributed by atoms with Gasteiger partial charge in [0.25, 0.3) is 0 Å². The van der Waals surface area contributed by atoms with Gasteiger partial charge in [-0.3, -0.25) is 4.68 Å². The molecule has 42 heavy (non-hydrogen) atoms. The largest absolute Gasteiger partial charge is 0.388 e. The number of aliphatic hydroxyl groups is 1. The lowest BCUT2D eigenvalue weighted by Crippen LogP contribution is -2.47. The molecule has 0 bridgehead atoms. The highest BCUT2D eigenvalue weighted by atomic mass is 19.1. The Bertz CT molecular complexity index is 1690. The van der Waals surface area contributed by atoms with Gasteiger partial charge < -0.3 is 25.4 Å². The van der Waals surface area contributed by atoms with Crippen molar-refractivity contribution in [3.05, 3.63) is 84.6 Å². The molecule has 6 heterocycles. The number of aromatic nitrogens is 7. The van der Waals surface area contributed by atoms with Gasteiger partial charge >= 0.3 is 0 Å². The van der Waals surface area contributed by atoms with Crippen molar-refractivity contribution in [2.45, 2.75) is 24.6 Å². The SMILES string of the molecule is CC(N)(c1ccc(F)cc1)c1cnc(N2CCN(c3ncnn4cc(-c5cnn([C@H]6COC[C@@H]6O)c5)cc34)CC2)nc1. The average Bonchev–Trinajstić information content (AvgIpc) is 3.77. The molecule has 2 saturated heterocycles. The van der Waals surface area contributed by atoms with Gasteiger partial charge in [0.15, 0.2) is 5.82 Å². The summed E-state index contributed by atoms with van der Waals surface area (Å²) in [5.41, 5.74) is 10.1. The summed E-state index contributed by atoms with van der Waals surface area (Å²) >= 11 is 0. The molecule has 3 N–H and O–H groups in total. The second kappa shape index (κ2) is 10.4. The number of benzene rings is 1. The van der Waals surface area contributed by atoms with E-state index in [9.17, 15) is 9.50 Å². The molecular formula is C29H31FN10O2. The summed E-state index contributed by atoms with van der Waals surface area (Å²) in [6.45, 7) is 5.55. The van der Waals surface area contributed by atoms with Crippen LogP contribution in [-0.2, 0) is 10.3 Å². The number of nitrogens with zero attached hydrogens (tertiary/aromatic N) is 9. The lowest BCUT2D eigenvalue weighted by molar-refractivity contribution is 0.118. The molecule has 0 radical (unpaired) electrons. The lowest BCUT2D eigenvalue weighted by Gasteiger charge is -2.35. The number of halogens is 1. The maximum atomic E-state index is 13.4. The molecule has 2 aliphatic rings. The first-order valence-corrected chi connectivity index (χ1v) is 13.9. The maximum Gasteiger partial charge on any atom is 0.225 e. The van der Waals surface area contributed by atoms with Crippen LogP contribution in [0.4, 0.5) is 16.2 Å². The van der Waals surface area contributed by atoms with Gasteiger partial charge in [0.05, 0.1) is 24.9 Å². The summed E-state index contributed by atoms with van der Waals surface area (Å²) in [4.78, 5) is 18.2. The van der Waals surface area contributed by atoms with E-state index in [2.05, 4.69) is 41.0 Å². The topological polar surface area (TPSA) is 136 Å². The number of nitrogens with two attached hydrogens (primary N) is 1. The molecule has 1 aromatic carbocycles. The average molecular weight is 571 g/mol. The smallest absolute Gasteiger partial charge is 0.225 e. The van der Waals surface area contributed by atoms with Crippen LogP contribution in [-0.4, -0.2) is 84.9 Å². The first-order chi connectivity index (χ1) is 20.4. The predicted octanol–water partition coefficient (Wildman–Crippen LogP) is 2.00. The van der Waals surface area contributed by atoms with Crippen LogP contribution >= 0.6 is 0 Å². The van der Waals surface area contributed by atoms with Crippen LogP contribution in [0.3, 0.4) is 0 Å². The Labute approximate surface area is 241 Å². The van der Waals surface area contributed by atoms with Gasteiger partial charge in [-0.1, -0.05) is 12.1 Å². The van der Waals surface area contributed by atoms with E-state index >= 15 is 0 Å². The molecule has 0 saturated carbocycles. The second-order valence-electron chi connectivity index (χ2n) is 11.0. The van der Waals surface area contributed by atoms with Gasteiger partial charge in [0.1, 0.15) is 29.8 Å². The number of rotatable bonds is 6. The molecule has 4 aromatic heterocycles. The van der Waals surface area contributed by atoms with Crippen molar-refractivity contribution >= 4 is 17.3 Å².